The molecule has 0 saturated carbocycles. The second-order valence-corrected chi connectivity index (χ2v) is 13.0. The van der Waals surface area contributed by atoms with Gasteiger partial charge in [-0.3, -0.25) is 9.59 Å². The third-order valence-electron chi connectivity index (χ3n) is 8.62. The van der Waals surface area contributed by atoms with E-state index >= 15 is 0 Å². The normalized spacial score (nSPS) is 15.3. The lowest BCUT2D eigenvalue weighted by molar-refractivity contribution is -0.934. The quantitative estimate of drug-likeness (QED) is 0.0501. The molecule has 0 bridgehead atoms. The Morgan fingerprint density at radius 1 is 0.571 bits per heavy atom. The summed E-state index contributed by atoms with van der Waals surface area (Å²) in [4.78, 5) is 34.8. The van der Waals surface area contributed by atoms with Gasteiger partial charge in [-0.15, -0.1) is 0 Å². The minimum atomic E-state index is -1.18. The molecule has 0 saturated heterocycles. The summed E-state index contributed by atoms with van der Waals surface area (Å²) in [6, 6.07) is 0. The van der Waals surface area contributed by atoms with E-state index in [1.807, 2.05) is 0 Å². The van der Waals surface area contributed by atoms with Crippen LogP contribution >= 0.6 is 0 Å². The summed E-state index contributed by atoms with van der Waals surface area (Å²) in [5.74, 6) is -5.23. The maximum Gasteiger partial charge on any atom is 0.311 e. The number of quaternary nitrogens is 1. The van der Waals surface area contributed by atoms with Gasteiger partial charge in [-0.05, 0) is 52.4 Å². The maximum atomic E-state index is 11.6. The predicted octanol–water partition coefficient (Wildman–Crippen LogP) is 7.62. The molecule has 0 amide bonds. The first-order valence-electron chi connectivity index (χ1n) is 17.2. The molecule has 246 valence electrons. The fourth-order valence-electron chi connectivity index (χ4n) is 6.05. The Morgan fingerprint density at radius 3 is 1.26 bits per heavy atom. The van der Waals surface area contributed by atoms with Crippen LogP contribution in [0.25, 0.3) is 0 Å². The number of carboxylic acids is 3. The molecule has 7 heteroatoms. The van der Waals surface area contributed by atoms with Crippen molar-refractivity contribution in [3.8, 4) is 0 Å². The highest BCUT2D eigenvalue weighted by molar-refractivity contribution is 5.70. The monoisotopic (exact) mass is 595 g/mol. The van der Waals surface area contributed by atoms with Gasteiger partial charge in [-0.1, -0.05) is 109 Å². The number of hydrogen-bond acceptors (Lipinski definition) is 4. The van der Waals surface area contributed by atoms with Crippen LogP contribution < -0.4 is 5.11 Å². The topological polar surface area (TPSA) is 115 Å². The number of nitrogens with zero attached hydrogens (tertiary/aromatic N) is 1. The van der Waals surface area contributed by atoms with E-state index < -0.39 is 35.7 Å². The molecule has 0 fully saturated rings. The van der Waals surface area contributed by atoms with Crippen LogP contribution in [0.3, 0.4) is 0 Å². The van der Waals surface area contributed by atoms with Crippen LogP contribution in [0.4, 0.5) is 0 Å². The molecule has 0 aromatic carbocycles. The minimum Gasteiger partial charge on any atom is -0.550 e. The van der Waals surface area contributed by atoms with Crippen molar-refractivity contribution in [1.29, 1.82) is 0 Å². The van der Waals surface area contributed by atoms with E-state index in [0.29, 0.717) is 6.54 Å². The molecule has 0 spiro atoms. The third kappa shape index (κ3) is 21.8. The van der Waals surface area contributed by atoms with E-state index in [0.717, 1.165) is 25.7 Å². The molecular weight excluding hydrogens is 530 g/mol. The lowest BCUT2D eigenvalue weighted by Crippen LogP contribution is -2.58. The van der Waals surface area contributed by atoms with Crippen LogP contribution in [0.5, 0.6) is 0 Å². The van der Waals surface area contributed by atoms with Crippen molar-refractivity contribution < 1.29 is 34.2 Å². The molecule has 0 heterocycles. The molecule has 2 N–H and O–H groups in total. The van der Waals surface area contributed by atoms with Gasteiger partial charge in [0.1, 0.15) is 11.8 Å². The van der Waals surface area contributed by atoms with Crippen molar-refractivity contribution in [2.75, 3.05) is 26.2 Å². The Bertz CT molecular complexity index is 682. The molecule has 3 unspecified atom stereocenters. The molecule has 0 aliphatic heterocycles. The van der Waals surface area contributed by atoms with Gasteiger partial charge in [-0.2, -0.15) is 0 Å². The van der Waals surface area contributed by atoms with Gasteiger partial charge in [0.15, 0.2) is 0 Å². The van der Waals surface area contributed by atoms with Crippen molar-refractivity contribution in [2.45, 2.75) is 150 Å². The summed E-state index contributed by atoms with van der Waals surface area (Å²) >= 11 is 0. The molecular formula is C35H65NO6. The maximum absolute atomic E-state index is 11.6. The van der Waals surface area contributed by atoms with Crippen molar-refractivity contribution >= 4 is 17.9 Å². The van der Waals surface area contributed by atoms with Crippen LogP contribution in [0.2, 0.25) is 0 Å². The first-order chi connectivity index (χ1) is 20.0. The van der Waals surface area contributed by atoms with E-state index in [1.54, 1.807) is 20.8 Å². The average Bonchev–Trinajstić information content (AvgIpc) is 2.93. The Kier molecular flexibility index (Phi) is 24.4. The van der Waals surface area contributed by atoms with E-state index in [4.69, 9.17) is 0 Å². The smallest absolute Gasteiger partial charge is 0.311 e. The number of carboxylic acid groups (broad SMARTS) is 3. The fraction of sp³-hybridized carbons (Fsp3) is 0.857. The summed E-state index contributed by atoms with van der Waals surface area (Å²) in [5, 5.41) is 30.6. The van der Waals surface area contributed by atoms with Gasteiger partial charge in [0.25, 0.3) is 0 Å². The van der Waals surface area contributed by atoms with Gasteiger partial charge >= 0.3 is 11.9 Å². The van der Waals surface area contributed by atoms with Crippen molar-refractivity contribution in [2.24, 2.45) is 17.8 Å². The van der Waals surface area contributed by atoms with Crippen LogP contribution in [0, 0.1) is 17.8 Å². The number of carbonyl (C=O) groups excluding carboxylic acids is 1. The number of rotatable bonds is 30. The van der Waals surface area contributed by atoms with Crippen LogP contribution in [0.15, 0.2) is 12.2 Å². The summed E-state index contributed by atoms with van der Waals surface area (Å²) in [6.45, 7) is 8.26. The molecule has 0 aliphatic rings. The number of hydrogen-bond donors (Lipinski definition) is 2. The molecule has 3 atom stereocenters. The second-order valence-electron chi connectivity index (χ2n) is 13.0. The highest BCUT2D eigenvalue weighted by atomic mass is 16.4. The first-order valence-corrected chi connectivity index (χ1v) is 17.2. The van der Waals surface area contributed by atoms with Crippen molar-refractivity contribution in [1.82, 2.24) is 0 Å². The van der Waals surface area contributed by atoms with Gasteiger partial charge in [0.2, 0.25) is 0 Å². The predicted molar refractivity (Wildman–Crippen MR) is 170 cm³/mol. The standard InChI is InChI=1S/C35H65NO6/c1-5-6-7-8-9-10-11-12-13-14-15-16-17-18-19-20-21-22-23-24-25-26-36(27-30(2)33(37)38,28-31(3)34(39)40)29-32(4)35(41)42/h12-13,30-32H,5-11,14-29H2,1-4H3,(H2-,37,38,39,40,41,42)/b13-12+. The Morgan fingerprint density at radius 2 is 0.905 bits per heavy atom. The summed E-state index contributed by atoms with van der Waals surface area (Å²) in [5.41, 5.74) is 0. The SMILES string of the molecule is CCCCCCCC/C=C/CCCCCCCCCCCCC[N+](CC(C)C(=O)[O-])(CC(C)C(=O)O)CC(C)C(=O)O. The summed E-state index contributed by atoms with van der Waals surface area (Å²) in [7, 11) is 0. The lowest BCUT2D eigenvalue weighted by Gasteiger charge is -2.43. The zero-order valence-corrected chi connectivity index (χ0v) is 27.6. The lowest BCUT2D eigenvalue weighted by atomic mass is 10.00. The number of carbonyl (C=O) groups is 3. The van der Waals surface area contributed by atoms with E-state index in [-0.39, 0.29) is 24.1 Å². The van der Waals surface area contributed by atoms with Crippen molar-refractivity contribution in [3.05, 3.63) is 12.2 Å². The van der Waals surface area contributed by atoms with Crippen LogP contribution in [-0.4, -0.2) is 58.8 Å². The van der Waals surface area contributed by atoms with E-state index in [9.17, 15) is 29.7 Å². The van der Waals surface area contributed by atoms with Gasteiger partial charge in [-0.25, -0.2) is 0 Å². The minimum absolute atomic E-state index is 0.186. The molecule has 0 aliphatic carbocycles. The summed E-state index contributed by atoms with van der Waals surface area (Å²) < 4.78 is 0.186. The zero-order valence-electron chi connectivity index (χ0n) is 27.6. The van der Waals surface area contributed by atoms with Gasteiger partial charge in [0, 0.05) is 11.9 Å². The molecule has 7 nitrogen and oxygen atoms in total. The molecule has 0 radical (unpaired) electrons. The van der Waals surface area contributed by atoms with Crippen LogP contribution in [-0.2, 0) is 14.4 Å². The highest BCUT2D eigenvalue weighted by Crippen LogP contribution is 2.22. The molecule has 0 aromatic heterocycles. The van der Waals surface area contributed by atoms with Crippen molar-refractivity contribution in [3.63, 3.8) is 0 Å². The van der Waals surface area contributed by atoms with Crippen LogP contribution in [0.1, 0.15) is 150 Å². The van der Waals surface area contributed by atoms with Gasteiger partial charge in [0.05, 0.1) is 26.2 Å². The number of aliphatic carboxylic acids is 3. The Labute approximate surface area is 257 Å². The summed E-state index contributed by atoms with van der Waals surface area (Å²) in [6.07, 6.45) is 28.4. The molecule has 0 rings (SSSR count). The average molecular weight is 596 g/mol. The van der Waals surface area contributed by atoms with Gasteiger partial charge < -0.3 is 24.6 Å². The zero-order chi connectivity index (χ0) is 31.6. The number of allylic oxidation sites excluding steroid dienone is 2. The largest absolute Gasteiger partial charge is 0.550 e. The second kappa shape index (κ2) is 25.6. The fourth-order valence-corrected chi connectivity index (χ4v) is 6.05. The molecule has 0 aromatic rings. The third-order valence-corrected chi connectivity index (χ3v) is 8.62. The Balaban J connectivity index is 4.20. The Hall–Kier alpha value is -1.89. The first kappa shape index (κ1) is 40.1. The molecule has 42 heavy (non-hydrogen) atoms. The van der Waals surface area contributed by atoms with E-state index in [2.05, 4.69) is 19.1 Å². The van der Waals surface area contributed by atoms with E-state index in [1.165, 1.54) is 96.3 Å². The number of unbranched alkanes of at least 4 members (excludes halogenated alkanes) is 17. The highest BCUT2D eigenvalue weighted by Gasteiger charge is 2.36.